The van der Waals surface area contributed by atoms with Gasteiger partial charge in [0.1, 0.15) is 0 Å². The highest BCUT2D eigenvalue weighted by Gasteiger charge is 2.11. The lowest BCUT2D eigenvalue weighted by atomic mass is 10.2. The van der Waals surface area contributed by atoms with Crippen LogP contribution in [0.2, 0.25) is 0 Å². The Bertz CT molecular complexity index is 314. The first-order valence-corrected chi connectivity index (χ1v) is 6.67. The number of aliphatic hydroxyl groups excluding tert-OH is 1. The van der Waals surface area contributed by atoms with Gasteiger partial charge in [-0.15, -0.1) is 0 Å². The third-order valence-corrected chi connectivity index (χ3v) is 2.79. The Labute approximate surface area is 110 Å². The minimum absolute atomic E-state index is 0.170. The molecule has 0 heterocycles. The van der Waals surface area contributed by atoms with Gasteiger partial charge in [-0.3, -0.25) is 4.90 Å². The SMILES string of the molecule is CCN(Cc1ccccc1)C[C@@H](O)COC(C)C. The van der Waals surface area contributed by atoms with Gasteiger partial charge in [-0.2, -0.15) is 0 Å². The first-order chi connectivity index (χ1) is 8.61. The summed E-state index contributed by atoms with van der Waals surface area (Å²) in [6.07, 6.45) is -0.250. The number of benzene rings is 1. The lowest BCUT2D eigenvalue weighted by molar-refractivity contribution is -0.00885. The van der Waals surface area contributed by atoms with Crippen molar-refractivity contribution < 1.29 is 9.84 Å². The third kappa shape index (κ3) is 6.15. The molecular formula is C15H25NO2. The Balaban J connectivity index is 2.37. The monoisotopic (exact) mass is 251 g/mol. The zero-order valence-electron chi connectivity index (χ0n) is 11.7. The molecule has 1 atom stereocenters. The van der Waals surface area contributed by atoms with Gasteiger partial charge >= 0.3 is 0 Å². The number of hydrogen-bond acceptors (Lipinski definition) is 3. The molecule has 0 unspecified atom stereocenters. The molecule has 0 amide bonds. The van der Waals surface area contributed by atoms with Crippen LogP contribution in [0.3, 0.4) is 0 Å². The summed E-state index contributed by atoms with van der Waals surface area (Å²) in [5.74, 6) is 0. The molecule has 3 nitrogen and oxygen atoms in total. The molecule has 0 aromatic heterocycles. The van der Waals surface area contributed by atoms with E-state index in [9.17, 15) is 5.11 Å². The Morgan fingerprint density at radius 1 is 1.22 bits per heavy atom. The van der Waals surface area contributed by atoms with Crippen LogP contribution in [-0.2, 0) is 11.3 Å². The number of nitrogens with zero attached hydrogens (tertiary/aromatic N) is 1. The molecule has 1 aromatic carbocycles. The van der Waals surface area contributed by atoms with Gasteiger partial charge in [-0.25, -0.2) is 0 Å². The largest absolute Gasteiger partial charge is 0.389 e. The third-order valence-electron chi connectivity index (χ3n) is 2.79. The van der Waals surface area contributed by atoms with Crippen molar-refractivity contribution in [3.8, 4) is 0 Å². The molecule has 0 spiro atoms. The number of hydrogen-bond donors (Lipinski definition) is 1. The van der Waals surface area contributed by atoms with E-state index in [0.29, 0.717) is 13.2 Å². The maximum absolute atomic E-state index is 9.91. The van der Waals surface area contributed by atoms with Gasteiger partial charge in [0, 0.05) is 13.1 Å². The summed E-state index contributed by atoms with van der Waals surface area (Å²) in [6, 6.07) is 10.3. The summed E-state index contributed by atoms with van der Waals surface area (Å²) >= 11 is 0. The van der Waals surface area contributed by atoms with Crippen molar-refractivity contribution in [3.63, 3.8) is 0 Å². The lowest BCUT2D eigenvalue weighted by Crippen LogP contribution is -2.35. The number of ether oxygens (including phenoxy) is 1. The Morgan fingerprint density at radius 2 is 1.89 bits per heavy atom. The minimum Gasteiger partial charge on any atom is -0.389 e. The van der Waals surface area contributed by atoms with E-state index in [-0.39, 0.29) is 6.10 Å². The van der Waals surface area contributed by atoms with Crippen LogP contribution < -0.4 is 0 Å². The molecule has 0 radical (unpaired) electrons. The maximum Gasteiger partial charge on any atom is 0.0900 e. The van der Waals surface area contributed by atoms with Crippen LogP contribution in [0.5, 0.6) is 0 Å². The molecule has 0 aliphatic heterocycles. The molecule has 1 N–H and O–H groups in total. The standard InChI is InChI=1S/C15H25NO2/c1-4-16(10-14-8-6-5-7-9-14)11-15(17)12-18-13(2)3/h5-9,13,15,17H,4,10-12H2,1-3H3/t15-/m1/s1. The van der Waals surface area contributed by atoms with E-state index in [0.717, 1.165) is 13.1 Å². The molecule has 3 heteroatoms. The second-order valence-electron chi connectivity index (χ2n) is 4.85. The van der Waals surface area contributed by atoms with Crippen LogP contribution >= 0.6 is 0 Å². The highest BCUT2D eigenvalue weighted by atomic mass is 16.5. The van der Waals surface area contributed by atoms with Crippen molar-refractivity contribution in [1.82, 2.24) is 4.90 Å². The molecule has 0 aliphatic rings. The zero-order chi connectivity index (χ0) is 13.4. The molecule has 0 saturated carbocycles. The average Bonchev–Trinajstić information content (AvgIpc) is 2.37. The zero-order valence-corrected chi connectivity index (χ0v) is 11.7. The second-order valence-corrected chi connectivity index (χ2v) is 4.85. The molecular weight excluding hydrogens is 226 g/mol. The van der Waals surface area contributed by atoms with Crippen molar-refractivity contribution >= 4 is 0 Å². The highest BCUT2D eigenvalue weighted by Crippen LogP contribution is 2.05. The van der Waals surface area contributed by atoms with Crippen LogP contribution in [0.1, 0.15) is 26.3 Å². The van der Waals surface area contributed by atoms with Gasteiger partial charge in [0.05, 0.1) is 18.8 Å². The van der Waals surface area contributed by atoms with Crippen LogP contribution in [0.25, 0.3) is 0 Å². The molecule has 0 aliphatic carbocycles. The molecule has 1 aromatic rings. The van der Waals surface area contributed by atoms with Gasteiger partial charge in [0.2, 0.25) is 0 Å². The summed E-state index contributed by atoms with van der Waals surface area (Å²) in [5, 5.41) is 9.91. The molecule has 18 heavy (non-hydrogen) atoms. The average molecular weight is 251 g/mol. The lowest BCUT2D eigenvalue weighted by Gasteiger charge is -2.24. The predicted octanol–water partition coefficient (Wildman–Crippen LogP) is 2.29. The van der Waals surface area contributed by atoms with E-state index < -0.39 is 6.10 Å². The fraction of sp³-hybridized carbons (Fsp3) is 0.600. The first-order valence-electron chi connectivity index (χ1n) is 6.67. The number of rotatable bonds is 8. The summed E-state index contributed by atoms with van der Waals surface area (Å²) in [7, 11) is 0. The van der Waals surface area contributed by atoms with E-state index in [4.69, 9.17) is 4.74 Å². The Morgan fingerprint density at radius 3 is 2.44 bits per heavy atom. The molecule has 0 bridgehead atoms. The summed E-state index contributed by atoms with van der Waals surface area (Å²) in [6.45, 7) is 8.92. The van der Waals surface area contributed by atoms with E-state index in [2.05, 4.69) is 24.0 Å². The fourth-order valence-corrected chi connectivity index (χ4v) is 1.80. The maximum atomic E-state index is 9.91. The highest BCUT2D eigenvalue weighted by molar-refractivity contribution is 5.14. The van der Waals surface area contributed by atoms with Crippen molar-refractivity contribution in [2.75, 3.05) is 19.7 Å². The smallest absolute Gasteiger partial charge is 0.0900 e. The van der Waals surface area contributed by atoms with Gasteiger partial charge in [-0.1, -0.05) is 37.3 Å². The van der Waals surface area contributed by atoms with E-state index >= 15 is 0 Å². The number of aliphatic hydroxyl groups is 1. The van der Waals surface area contributed by atoms with Crippen molar-refractivity contribution in [1.29, 1.82) is 0 Å². The summed E-state index contributed by atoms with van der Waals surface area (Å²) in [4.78, 5) is 2.23. The Kier molecular flexibility index (Phi) is 6.94. The molecule has 102 valence electrons. The fourth-order valence-electron chi connectivity index (χ4n) is 1.80. The topological polar surface area (TPSA) is 32.7 Å². The van der Waals surface area contributed by atoms with Gasteiger partial charge < -0.3 is 9.84 Å². The van der Waals surface area contributed by atoms with E-state index in [1.165, 1.54) is 5.56 Å². The predicted molar refractivity (Wildman–Crippen MR) is 74.5 cm³/mol. The van der Waals surface area contributed by atoms with Crippen molar-refractivity contribution in [2.24, 2.45) is 0 Å². The van der Waals surface area contributed by atoms with E-state index in [1.807, 2.05) is 32.0 Å². The van der Waals surface area contributed by atoms with Crippen molar-refractivity contribution in [2.45, 2.75) is 39.5 Å². The summed E-state index contributed by atoms with van der Waals surface area (Å²) < 4.78 is 5.42. The van der Waals surface area contributed by atoms with Crippen molar-refractivity contribution in [3.05, 3.63) is 35.9 Å². The van der Waals surface area contributed by atoms with Gasteiger partial charge in [0.15, 0.2) is 0 Å². The van der Waals surface area contributed by atoms with Gasteiger partial charge in [-0.05, 0) is 26.0 Å². The van der Waals surface area contributed by atoms with Gasteiger partial charge in [0.25, 0.3) is 0 Å². The molecule has 0 fully saturated rings. The Hall–Kier alpha value is -0.900. The van der Waals surface area contributed by atoms with Crippen LogP contribution in [0.4, 0.5) is 0 Å². The molecule has 1 rings (SSSR count). The quantitative estimate of drug-likeness (QED) is 0.769. The van der Waals surface area contributed by atoms with E-state index in [1.54, 1.807) is 0 Å². The van der Waals surface area contributed by atoms with Crippen LogP contribution in [-0.4, -0.2) is 41.9 Å². The second kappa shape index (κ2) is 8.25. The minimum atomic E-state index is -0.420. The summed E-state index contributed by atoms with van der Waals surface area (Å²) in [5.41, 5.74) is 1.27. The molecule has 0 saturated heterocycles. The van der Waals surface area contributed by atoms with Crippen LogP contribution in [0.15, 0.2) is 30.3 Å². The first kappa shape index (κ1) is 15.2. The normalized spacial score (nSPS) is 13.2. The number of likely N-dealkylation sites (N-methyl/N-ethyl adjacent to an activating group) is 1. The van der Waals surface area contributed by atoms with Crippen LogP contribution in [0, 0.1) is 0 Å².